The molecule has 0 aliphatic carbocycles. The molecule has 10 heteroatoms. The Kier molecular flexibility index (Phi) is 7.02. The van der Waals surface area contributed by atoms with Crippen LogP contribution in [0.3, 0.4) is 0 Å². The molecule has 1 fully saturated rings. The van der Waals surface area contributed by atoms with E-state index in [9.17, 15) is 9.59 Å². The number of ketones is 1. The fraction of sp³-hybridized carbons (Fsp3) is 0.533. The number of rotatable bonds is 7. The van der Waals surface area contributed by atoms with Crippen LogP contribution in [0.15, 0.2) is 0 Å². The van der Waals surface area contributed by atoms with E-state index >= 15 is 0 Å². The molecule has 2 aromatic carbocycles. The first kappa shape index (κ1) is 27.9. The van der Waals surface area contributed by atoms with Crippen LogP contribution in [0.1, 0.15) is 63.6 Å². The topological polar surface area (TPSA) is 96.0 Å². The van der Waals surface area contributed by atoms with Gasteiger partial charge in [0.25, 0.3) is 0 Å². The number of ether oxygens (including phenoxy) is 6. The molecule has 1 saturated heterocycles. The first-order valence-electron chi connectivity index (χ1n) is 13.4. The number of nitrogens with zero attached hydrogens (tertiary/aromatic N) is 2. The van der Waals surface area contributed by atoms with Gasteiger partial charge in [0.05, 0.1) is 66.3 Å². The standard InChI is InChI=1S/C30H38N2O8/c1-11-16-19-20(25(36-6)14(3)27(38-8)29(19)40-10)23(33)22-21-18-15(12-17(31(21)4)30(34)32(16)22)24(35-5)13(2)26(37-7)28(18)39-9/h16-17,21-22H,11-12H2,1-10H3/t16-,17-,21+,22?/m0/s1. The smallest absolute Gasteiger partial charge is 0.241 e. The summed E-state index contributed by atoms with van der Waals surface area (Å²) in [6.07, 6.45) is 0.964. The highest BCUT2D eigenvalue weighted by atomic mass is 16.5. The van der Waals surface area contributed by atoms with Crippen molar-refractivity contribution in [3.8, 4) is 34.5 Å². The molecular formula is C30H38N2O8. The van der Waals surface area contributed by atoms with Gasteiger partial charge in [-0.05, 0) is 27.3 Å². The fourth-order valence-electron chi connectivity index (χ4n) is 7.35. The van der Waals surface area contributed by atoms with Gasteiger partial charge < -0.3 is 33.3 Å². The molecule has 0 aromatic heterocycles. The Morgan fingerprint density at radius 2 is 1.20 bits per heavy atom. The van der Waals surface area contributed by atoms with Crippen LogP contribution in [-0.4, -0.2) is 83.3 Å². The van der Waals surface area contributed by atoms with Crippen molar-refractivity contribution in [2.24, 2.45) is 0 Å². The van der Waals surface area contributed by atoms with Crippen LogP contribution < -0.4 is 28.4 Å². The van der Waals surface area contributed by atoms with Gasteiger partial charge in [-0.2, -0.15) is 0 Å². The second kappa shape index (κ2) is 10.1. The summed E-state index contributed by atoms with van der Waals surface area (Å²) in [7, 11) is 11.3. The Morgan fingerprint density at radius 1 is 0.700 bits per heavy atom. The van der Waals surface area contributed by atoms with Crippen molar-refractivity contribution < 1.29 is 38.0 Å². The monoisotopic (exact) mass is 554 g/mol. The average Bonchev–Trinajstić information content (AvgIpc) is 2.95. The van der Waals surface area contributed by atoms with Crippen molar-refractivity contribution in [3.63, 3.8) is 0 Å². The van der Waals surface area contributed by atoms with Gasteiger partial charge in [0, 0.05) is 34.2 Å². The summed E-state index contributed by atoms with van der Waals surface area (Å²) >= 11 is 0. The molecule has 216 valence electrons. The van der Waals surface area contributed by atoms with Crippen LogP contribution in [0.25, 0.3) is 0 Å². The predicted molar refractivity (Wildman–Crippen MR) is 148 cm³/mol. The number of hydrogen-bond donors (Lipinski definition) is 0. The minimum absolute atomic E-state index is 0.115. The van der Waals surface area contributed by atoms with Gasteiger partial charge in [0.15, 0.2) is 28.8 Å². The minimum atomic E-state index is -0.845. The third-order valence-electron chi connectivity index (χ3n) is 8.92. The van der Waals surface area contributed by atoms with Gasteiger partial charge in [-0.15, -0.1) is 0 Å². The number of hydrogen-bond acceptors (Lipinski definition) is 9. The second-order valence-electron chi connectivity index (χ2n) is 10.4. The summed E-state index contributed by atoms with van der Waals surface area (Å²) in [5.74, 6) is 2.76. The first-order valence-corrected chi connectivity index (χ1v) is 13.4. The van der Waals surface area contributed by atoms with E-state index in [-0.39, 0.29) is 11.7 Å². The van der Waals surface area contributed by atoms with E-state index in [1.54, 1.807) is 47.6 Å². The number of benzene rings is 2. The van der Waals surface area contributed by atoms with Crippen molar-refractivity contribution in [1.29, 1.82) is 0 Å². The Balaban J connectivity index is 1.88. The summed E-state index contributed by atoms with van der Waals surface area (Å²) in [5, 5.41) is 0. The van der Waals surface area contributed by atoms with E-state index in [0.29, 0.717) is 64.0 Å². The molecule has 3 heterocycles. The molecule has 0 saturated carbocycles. The zero-order valence-electron chi connectivity index (χ0n) is 24.9. The summed E-state index contributed by atoms with van der Waals surface area (Å²) < 4.78 is 35.1. The number of carbonyl (C=O) groups is 2. The molecular weight excluding hydrogens is 516 g/mol. The van der Waals surface area contributed by atoms with E-state index in [0.717, 1.165) is 16.7 Å². The first-order chi connectivity index (χ1) is 19.2. The summed E-state index contributed by atoms with van der Waals surface area (Å²) in [6, 6.07) is -2.30. The molecule has 2 aromatic rings. The van der Waals surface area contributed by atoms with Crippen molar-refractivity contribution >= 4 is 11.7 Å². The Labute approximate surface area is 235 Å². The molecule has 10 nitrogen and oxygen atoms in total. The third kappa shape index (κ3) is 3.38. The Morgan fingerprint density at radius 3 is 1.70 bits per heavy atom. The summed E-state index contributed by atoms with van der Waals surface area (Å²) in [4.78, 5) is 32.9. The highest BCUT2D eigenvalue weighted by Gasteiger charge is 2.59. The quantitative estimate of drug-likeness (QED) is 0.506. The summed E-state index contributed by atoms with van der Waals surface area (Å²) in [6.45, 7) is 5.75. The molecule has 3 aliphatic rings. The number of fused-ring (bicyclic) bond motifs is 7. The van der Waals surface area contributed by atoms with E-state index in [4.69, 9.17) is 28.4 Å². The van der Waals surface area contributed by atoms with Crippen LogP contribution in [0.4, 0.5) is 0 Å². The molecule has 3 aliphatic heterocycles. The summed E-state index contributed by atoms with van der Waals surface area (Å²) in [5.41, 5.74) is 4.14. The van der Waals surface area contributed by atoms with Crippen LogP contribution in [0.5, 0.6) is 34.5 Å². The van der Waals surface area contributed by atoms with Crippen molar-refractivity contribution in [1.82, 2.24) is 9.80 Å². The fourth-order valence-corrected chi connectivity index (χ4v) is 7.35. The molecule has 2 bridgehead atoms. The van der Waals surface area contributed by atoms with Gasteiger partial charge in [-0.3, -0.25) is 14.5 Å². The molecule has 1 unspecified atom stereocenters. The van der Waals surface area contributed by atoms with E-state index in [1.807, 2.05) is 32.7 Å². The normalized spacial score (nSPS) is 23.2. The predicted octanol–water partition coefficient (Wildman–Crippen LogP) is 3.81. The van der Waals surface area contributed by atoms with Crippen molar-refractivity contribution in [3.05, 3.63) is 33.4 Å². The van der Waals surface area contributed by atoms with E-state index < -0.39 is 24.2 Å². The van der Waals surface area contributed by atoms with Crippen LogP contribution in [0, 0.1) is 13.8 Å². The highest BCUT2D eigenvalue weighted by Crippen LogP contribution is 2.58. The lowest BCUT2D eigenvalue weighted by Crippen LogP contribution is -2.68. The van der Waals surface area contributed by atoms with Gasteiger partial charge in [0.2, 0.25) is 5.91 Å². The van der Waals surface area contributed by atoms with E-state index in [2.05, 4.69) is 0 Å². The van der Waals surface area contributed by atoms with Gasteiger partial charge in [-0.25, -0.2) is 0 Å². The SMILES string of the molecule is CC[C@H]1c2c(OC)c(OC)c(C)c(OC)c2C(=O)C2[C@H]3c4c(c(OC)c(C)c(OC)c4OC)C[C@@H](C(=O)N21)N3C. The van der Waals surface area contributed by atoms with Crippen LogP contribution >= 0.6 is 0 Å². The lowest BCUT2D eigenvalue weighted by atomic mass is 9.72. The number of piperazine rings is 1. The number of methoxy groups -OCH3 is 6. The molecule has 4 atom stereocenters. The maximum atomic E-state index is 14.8. The molecule has 0 N–H and O–H groups in total. The third-order valence-corrected chi connectivity index (χ3v) is 8.92. The maximum absolute atomic E-state index is 14.8. The Bertz CT molecular complexity index is 1400. The minimum Gasteiger partial charge on any atom is -0.496 e. The second-order valence-corrected chi connectivity index (χ2v) is 10.4. The van der Waals surface area contributed by atoms with Crippen molar-refractivity contribution in [2.45, 2.75) is 57.8 Å². The van der Waals surface area contributed by atoms with Crippen molar-refractivity contribution in [2.75, 3.05) is 49.7 Å². The molecule has 40 heavy (non-hydrogen) atoms. The van der Waals surface area contributed by atoms with Crippen LogP contribution in [0.2, 0.25) is 0 Å². The number of Topliss-reactive ketones (excluding diaryl/α,β-unsaturated/α-hetero) is 1. The number of likely N-dealkylation sites (N-methyl/N-ethyl adjacent to an activating group) is 1. The molecule has 0 spiro atoms. The van der Waals surface area contributed by atoms with Crippen LogP contribution in [-0.2, 0) is 11.2 Å². The molecule has 5 rings (SSSR count). The van der Waals surface area contributed by atoms with Gasteiger partial charge in [-0.1, -0.05) is 6.92 Å². The largest absolute Gasteiger partial charge is 0.496 e. The maximum Gasteiger partial charge on any atom is 0.241 e. The molecule has 0 radical (unpaired) electrons. The van der Waals surface area contributed by atoms with E-state index in [1.165, 1.54) is 0 Å². The highest BCUT2D eigenvalue weighted by molar-refractivity contribution is 6.10. The average molecular weight is 555 g/mol. The van der Waals surface area contributed by atoms with Gasteiger partial charge in [0.1, 0.15) is 17.5 Å². The number of carbonyl (C=O) groups excluding carboxylic acids is 2. The molecule has 1 amide bonds. The lowest BCUT2D eigenvalue weighted by molar-refractivity contribution is -0.153. The zero-order chi connectivity index (χ0) is 29.2. The zero-order valence-corrected chi connectivity index (χ0v) is 24.9. The Hall–Kier alpha value is -3.66. The van der Waals surface area contributed by atoms with Gasteiger partial charge >= 0.3 is 0 Å². The lowest BCUT2D eigenvalue weighted by Gasteiger charge is -2.56. The number of amides is 1.